The van der Waals surface area contributed by atoms with Crippen LogP contribution in [0.3, 0.4) is 0 Å². The van der Waals surface area contributed by atoms with Crippen LogP contribution < -0.4 is 5.32 Å². The molecule has 0 radical (unpaired) electrons. The zero-order chi connectivity index (χ0) is 14.2. The van der Waals surface area contributed by atoms with Gasteiger partial charge in [0.15, 0.2) is 0 Å². The molecule has 1 fully saturated rings. The highest BCUT2D eigenvalue weighted by Crippen LogP contribution is 2.39. The Balaban J connectivity index is 2.32. The number of carboxylic acids is 1. The molecule has 1 atom stereocenters. The highest BCUT2D eigenvalue weighted by molar-refractivity contribution is 9.10. The number of hydrogen-bond donors (Lipinski definition) is 2. The van der Waals surface area contributed by atoms with E-state index in [1.54, 1.807) is 0 Å². The van der Waals surface area contributed by atoms with Gasteiger partial charge in [-0.1, -0.05) is 15.9 Å². The van der Waals surface area contributed by atoms with Gasteiger partial charge in [0.05, 0.1) is 5.56 Å². The number of hydrogen-bond acceptors (Lipinski definition) is 2. The second-order valence-corrected chi connectivity index (χ2v) is 5.40. The van der Waals surface area contributed by atoms with Crippen LogP contribution in [0, 0.1) is 5.92 Å². The maximum atomic E-state index is 12.8. The molecule has 1 unspecified atom stereocenters. The first-order chi connectivity index (χ1) is 8.79. The summed E-state index contributed by atoms with van der Waals surface area (Å²) in [6.45, 7) is 0. The Kier molecular flexibility index (Phi) is 3.75. The molecule has 1 aliphatic carbocycles. The minimum absolute atomic E-state index is 0.0995. The van der Waals surface area contributed by atoms with Crippen LogP contribution in [0.5, 0.6) is 0 Å². The monoisotopic (exact) mass is 337 g/mol. The minimum atomic E-state index is -4.52. The molecule has 7 heteroatoms. The van der Waals surface area contributed by atoms with Gasteiger partial charge in [-0.05, 0) is 37.0 Å². The third kappa shape index (κ3) is 3.40. The number of carbonyl (C=O) groups is 1. The zero-order valence-corrected chi connectivity index (χ0v) is 11.3. The first-order valence-electron chi connectivity index (χ1n) is 5.65. The Hall–Kier alpha value is -1.24. The molecule has 1 aliphatic rings. The van der Waals surface area contributed by atoms with Gasteiger partial charge in [0.2, 0.25) is 0 Å². The lowest BCUT2D eigenvalue weighted by Crippen LogP contribution is -2.32. The SMILES string of the molecule is O=C(O)C(Nc1cc(Br)ccc1C(F)(F)F)C1CC1. The van der Waals surface area contributed by atoms with Crippen molar-refractivity contribution in [3.05, 3.63) is 28.2 Å². The van der Waals surface area contributed by atoms with Crippen molar-refractivity contribution < 1.29 is 23.1 Å². The average Bonchev–Trinajstić information content (AvgIpc) is 3.07. The summed E-state index contributed by atoms with van der Waals surface area (Å²) >= 11 is 3.09. The highest BCUT2D eigenvalue weighted by Gasteiger charge is 2.39. The maximum Gasteiger partial charge on any atom is 0.418 e. The van der Waals surface area contributed by atoms with Gasteiger partial charge >= 0.3 is 12.1 Å². The fourth-order valence-corrected chi connectivity index (χ4v) is 2.22. The first kappa shape index (κ1) is 14.2. The normalized spacial score (nSPS) is 17.1. The number of aliphatic carboxylic acids is 1. The van der Waals surface area contributed by atoms with E-state index < -0.39 is 23.8 Å². The summed E-state index contributed by atoms with van der Waals surface area (Å²) in [6, 6.07) is 2.48. The smallest absolute Gasteiger partial charge is 0.418 e. The van der Waals surface area contributed by atoms with Crippen LogP contribution in [0.2, 0.25) is 0 Å². The number of benzene rings is 1. The molecule has 0 bridgehead atoms. The van der Waals surface area contributed by atoms with Gasteiger partial charge in [-0.25, -0.2) is 4.79 Å². The van der Waals surface area contributed by atoms with Crippen LogP contribution in [0.15, 0.2) is 22.7 Å². The number of anilines is 1. The Labute approximate surface area is 115 Å². The van der Waals surface area contributed by atoms with E-state index in [1.807, 2.05) is 0 Å². The van der Waals surface area contributed by atoms with Gasteiger partial charge in [0.1, 0.15) is 6.04 Å². The number of rotatable bonds is 4. The van der Waals surface area contributed by atoms with E-state index in [4.69, 9.17) is 5.11 Å². The second kappa shape index (κ2) is 5.03. The molecule has 0 saturated heterocycles. The van der Waals surface area contributed by atoms with Crippen molar-refractivity contribution in [2.75, 3.05) is 5.32 Å². The molecule has 0 heterocycles. The summed E-state index contributed by atoms with van der Waals surface area (Å²) in [6.07, 6.45) is -3.08. The Morgan fingerprint density at radius 1 is 1.42 bits per heavy atom. The van der Waals surface area contributed by atoms with Crippen LogP contribution >= 0.6 is 15.9 Å². The van der Waals surface area contributed by atoms with Crippen molar-refractivity contribution in [1.29, 1.82) is 0 Å². The standard InChI is InChI=1S/C12H11BrF3NO2/c13-7-3-4-8(12(14,15)16)9(5-7)17-10(11(18)19)6-1-2-6/h3-6,10,17H,1-2H2,(H,18,19). The lowest BCUT2D eigenvalue weighted by molar-refractivity contribution is -0.139. The zero-order valence-electron chi connectivity index (χ0n) is 9.67. The van der Waals surface area contributed by atoms with Gasteiger partial charge in [-0.3, -0.25) is 0 Å². The number of carboxylic acid groups (broad SMARTS) is 1. The van der Waals surface area contributed by atoms with Crippen molar-refractivity contribution in [3.63, 3.8) is 0 Å². The lowest BCUT2D eigenvalue weighted by Gasteiger charge is -2.19. The summed E-state index contributed by atoms with van der Waals surface area (Å²) in [5.74, 6) is -1.23. The van der Waals surface area contributed by atoms with E-state index in [9.17, 15) is 18.0 Å². The van der Waals surface area contributed by atoms with Crippen molar-refractivity contribution in [3.8, 4) is 0 Å². The van der Waals surface area contributed by atoms with E-state index >= 15 is 0 Å². The van der Waals surface area contributed by atoms with Crippen LogP contribution in [0.4, 0.5) is 18.9 Å². The van der Waals surface area contributed by atoms with Crippen molar-refractivity contribution >= 4 is 27.6 Å². The van der Waals surface area contributed by atoms with Crippen molar-refractivity contribution in [2.45, 2.75) is 25.1 Å². The van der Waals surface area contributed by atoms with Crippen molar-refractivity contribution in [2.24, 2.45) is 5.92 Å². The molecule has 1 saturated carbocycles. The molecule has 0 amide bonds. The molecule has 1 aromatic rings. The third-order valence-electron chi connectivity index (χ3n) is 2.96. The predicted molar refractivity (Wildman–Crippen MR) is 66.9 cm³/mol. The van der Waals surface area contributed by atoms with Crippen molar-refractivity contribution in [1.82, 2.24) is 0 Å². The number of halogens is 4. The fraction of sp³-hybridized carbons (Fsp3) is 0.417. The number of nitrogens with one attached hydrogen (secondary N) is 1. The summed E-state index contributed by atoms with van der Waals surface area (Å²) in [4.78, 5) is 11.1. The molecule has 19 heavy (non-hydrogen) atoms. The van der Waals surface area contributed by atoms with Gasteiger partial charge in [-0.15, -0.1) is 0 Å². The summed E-state index contributed by atoms with van der Waals surface area (Å²) < 4.78 is 39.0. The third-order valence-corrected chi connectivity index (χ3v) is 3.45. The second-order valence-electron chi connectivity index (χ2n) is 4.49. The average molecular weight is 338 g/mol. The molecule has 0 aliphatic heterocycles. The maximum absolute atomic E-state index is 12.8. The van der Waals surface area contributed by atoms with Gasteiger partial charge in [-0.2, -0.15) is 13.2 Å². The molecule has 2 rings (SSSR count). The van der Waals surface area contributed by atoms with Gasteiger partial charge in [0, 0.05) is 10.2 Å². The van der Waals surface area contributed by atoms with Crippen LogP contribution in [0.1, 0.15) is 18.4 Å². The quantitative estimate of drug-likeness (QED) is 0.879. The summed E-state index contributed by atoms with van der Waals surface area (Å²) in [7, 11) is 0. The Morgan fingerprint density at radius 2 is 2.05 bits per heavy atom. The van der Waals surface area contributed by atoms with E-state index in [2.05, 4.69) is 21.2 Å². The summed E-state index contributed by atoms with van der Waals surface area (Å²) in [5.41, 5.74) is -1.07. The van der Waals surface area contributed by atoms with Gasteiger partial charge < -0.3 is 10.4 Å². The predicted octanol–water partition coefficient (Wildman–Crippen LogP) is 3.74. The summed E-state index contributed by atoms with van der Waals surface area (Å²) in [5, 5.41) is 11.6. The first-order valence-corrected chi connectivity index (χ1v) is 6.44. The number of alkyl halides is 3. The molecular formula is C12H11BrF3NO2. The molecule has 3 nitrogen and oxygen atoms in total. The van der Waals surface area contributed by atoms with Crippen LogP contribution in [-0.2, 0) is 11.0 Å². The van der Waals surface area contributed by atoms with E-state index in [0.29, 0.717) is 4.47 Å². The van der Waals surface area contributed by atoms with Gasteiger partial charge in [0.25, 0.3) is 0 Å². The molecule has 1 aromatic carbocycles. The Bertz CT molecular complexity index is 500. The van der Waals surface area contributed by atoms with E-state index in [0.717, 1.165) is 18.9 Å². The molecule has 104 valence electrons. The highest BCUT2D eigenvalue weighted by atomic mass is 79.9. The molecular weight excluding hydrogens is 327 g/mol. The molecule has 0 aromatic heterocycles. The van der Waals surface area contributed by atoms with Crippen LogP contribution in [-0.4, -0.2) is 17.1 Å². The van der Waals surface area contributed by atoms with Crippen LogP contribution in [0.25, 0.3) is 0 Å². The molecule has 2 N–H and O–H groups in total. The molecule has 0 spiro atoms. The fourth-order valence-electron chi connectivity index (χ4n) is 1.86. The largest absolute Gasteiger partial charge is 0.480 e. The lowest BCUT2D eigenvalue weighted by atomic mass is 10.1. The Morgan fingerprint density at radius 3 is 2.53 bits per heavy atom. The topological polar surface area (TPSA) is 49.3 Å². The van der Waals surface area contributed by atoms with E-state index in [1.165, 1.54) is 12.1 Å². The van der Waals surface area contributed by atoms with E-state index in [-0.39, 0.29) is 11.6 Å². The minimum Gasteiger partial charge on any atom is -0.480 e.